The average Bonchev–Trinajstić information content (AvgIpc) is 3.14. The number of hydrogen-bond acceptors (Lipinski definition) is 6. The summed E-state index contributed by atoms with van der Waals surface area (Å²) >= 11 is 0. The van der Waals surface area contributed by atoms with Crippen molar-refractivity contribution in [2.45, 2.75) is 13.1 Å². The summed E-state index contributed by atoms with van der Waals surface area (Å²) in [7, 11) is 1.52. The first-order valence-corrected chi connectivity index (χ1v) is 6.80. The minimum atomic E-state index is -0.880. The summed E-state index contributed by atoms with van der Waals surface area (Å²) < 4.78 is 9.97. The fourth-order valence-electron chi connectivity index (χ4n) is 2.26. The van der Waals surface area contributed by atoms with Crippen LogP contribution in [0, 0.1) is 0 Å². The Hall–Kier alpha value is -3.16. The zero-order chi connectivity index (χ0) is 16.4. The maximum Gasteiger partial charge on any atom is 0.334 e. The van der Waals surface area contributed by atoms with E-state index >= 15 is 0 Å². The summed E-state index contributed by atoms with van der Waals surface area (Å²) in [6.07, 6.45) is 1.40. The van der Waals surface area contributed by atoms with Crippen molar-refractivity contribution in [3.63, 3.8) is 0 Å². The normalized spacial score (nSPS) is 14.7. The van der Waals surface area contributed by atoms with Crippen LogP contribution in [0.2, 0.25) is 0 Å². The minimum absolute atomic E-state index is 0.00644. The summed E-state index contributed by atoms with van der Waals surface area (Å²) in [5, 5.41) is 3.50. The lowest BCUT2D eigenvalue weighted by Gasteiger charge is -2.15. The Labute approximate surface area is 131 Å². The molecule has 1 aromatic heterocycles. The highest BCUT2D eigenvalue weighted by Gasteiger charge is 2.44. The molecule has 0 bridgehead atoms. The quantitative estimate of drug-likeness (QED) is 0.607. The lowest BCUT2D eigenvalue weighted by molar-refractivity contribution is -0.143. The van der Waals surface area contributed by atoms with Crippen molar-refractivity contribution in [1.29, 1.82) is 0 Å². The number of benzene rings is 1. The number of methoxy groups -OCH3 is 1. The van der Waals surface area contributed by atoms with E-state index in [-0.39, 0.29) is 13.1 Å². The van der Waals surface area contributed by atoms with Crippen LogP contribution in [0.25, 0.3) is 0 Å². The standard InChI is InChI=1S/C15H13N3O5/c1-22-11-4-2-3-10(7-11)8-17-13(19)14(20)18(15(17)21)9-12-5-6-16-23-12/h2-7H,8-9H2,1H3. The van der Waals surface area contributed by atoms with Crippen LogP contribution in [0.15, 0.2) is 41.1 Å². The lowest BCUT2D eigenvalue weighted by atomic mass is 10.2. The molecule has 8 heteroatoms. The van der Waals surface area contributed by atoms with Crippen LogP contribution in [-0.4, -0.2) is 39.9 Å². The van der Waals surface area contributed by atoms with E-state index in [1.807, 2.05) is 0 Å². The molecule has 0 saturated carbocycles. The predicted molar refractivity (Wildman–Crippen MR) is 76.0 cm³/mol. The van der Waals surface area contributed by atoms with E-state index in [1.54, 1.807) is 24.3 Å². The fourth-order valence-corrected chi connectivity index (χ4v) is 2.26. The molecular formula is C15H13N3O5. The Balaban J connectivity index is 1.78. The summed E-state index contributed by atoms with van der Waals surface area (Å²) in [5.74, 6) is -0.819. The number of aromatic nitrogens is 1. The third-order valence-electron chi connectivity index (χ3n) is 3.42. The van der Waals surface area contributed by atoms with Crippen LogP contribution in [0.4, 0.5) is 4.79 Å². The second-order valence-corrected chi connectivity index (χ2v) is 4.90. The minimum Gasteiger partial charge on any atom is -0.497 e. The van der Waals surface area contributed by atoms with Gasteiger partial charge in [0, 0.05) is 6.07 Å². The average molecular weight is 315 g/mol. The van der Waals surface area contributed by atoms with Crippen LogP contribution in [0.1, 0.15) is 11.3 Å². The van der Waals surface area contributed by atoms with Crippen molar-refractivity contribution >= 4 is 17.8 Å². The van der Waals surface area contributed by atoms with Gasteiger partial charge in [-0.1, -0.05) is 17.3 Å². The second kappa shape index (κ2) is 5.91. The van der Waals surface area contributed by atoms with E-state index in [1.165, 1.54) is 19.4 Å². The molecule has 23 heavy (non-hydrogen) atoms. The van der Waals surface area contributed by atoms with Crippen molar-refractivity contribution in [2.75, 3.05) is 7.11 Å². The Bertz CT molecular complexity index is 756. The van der Waals surface area contributed by atoms with Gasteiger partial charge >= 0.3 is 17.8 Å². The van der Waals surface area contributed by atoms with E-state index in [9.17, 15) is 14.4 Å². The monoisotopic (exact) mass is 315 g/mol. The van der Waals surface area contributed by atoms with E-state index in [0.717, 1.165) is 9.80 Å². The molecule has 0 radical (unpaired) electrons. The topological polar surface area (TPSA) is 92.9 Å². The molecule has 1 saturated heterocycles. The summed E-state index contributed by atoms with van der Waals surface area (Å²) in [5.41, 5.74) is 0.681. The molecule has 1 fully saturated rings. The molecule has 2 heterocycles. The Kier molecular flexibility index (Phi) is 3.80. The molecule has 1 aliphatic rings. The highest BCUT2D eigenvalue weighted by Crippen LogP contribution is 2.20. The molecule has 1 aliphatic heterocycles. The first kappa shape index (κ1) is 14.8. The van der Waals surface area contributed by atoms with Crippen molar-refractivity contribution in [3.05, 3.63) is 47.9 Å². The van der Waals surface area contributed by atoms with E-state index in [2.05, 4.69) is 5.16 Å². The maximum absolute atomic E-state index is 12.3. The molecule has 0 aliphatic carbocycles. The molecule has 4 amide bonds. The largest absolute Gasteiger partial charge is 0.497 e. The van der Waals surface area contributed by atoms with Gasteiger partial charge in [0.05, 0.1) is 26.4 Å². The lowest BCUT2D eigenvalue weighted by Crippen LogP contribution is -2.32. The van der Waals surface area contributed by atoms with E-state index in [0.29, 0.717) is 17.1 Å². The Morgan fingerprint density at radius 1 is 1.09 bits per heavy atom. The molecule has 8 nitrogen and oxygen atoms in total. The number of ether oxygens (including phenoxy) is 1. The zero-order valence-electron chi connectivity index (χ0n) is 12.3. The van der Waals surface area contributed by atoms with Gasteiger partial charge in [-0.15, -0.1) is 0 Å². The second-order valence-electron chi connectivity index (χ2n) is 4.90. The van der Waals surface area contributed by atoms with Crippen molar-refractivity contribution in [1.82, 2.24) is 15.0 Å². The van der Waals surface area contributed by atoms with E-state index < -0.39 is 17.8 Å². The summed E-state index contributed by atoms with van der Waals surface area (Å²) in [6.45, 7) is -0.133. The molecule has 0 unspecified atom stereocenters. The molecule has 0 atom stereocenters. The van der Waals surface area contributed by atoms with Crippen molar-refractivity contribution < 1.29 is 23.6 Å². The van der Waals surface area contributed by atoms with Gasteiger partial charge in [0.1, 0.15) is 5.75 Å². The highest BCUT2D eigenvalue weighted by molar-refractivity contribution is 6.44. The highest BCUT2D eigenvalue weighted by atomic mass is 16.5. The van der Waals surface area contributed by atoms with Crippen LogP contribution in [-0.2, 0) is 22.7 Å². The fraction of sp³-hybridized carbons (Fsp3) is 0.200. The van der Waals surface area contributed by atoms with E-state index in [4.69, 9.17) is 9.26 Å². The molecule has 2 aromatic rings. The van der Waals surface area contributed by atoms with Gasteiger partial charge in [0.2, 0.25) is 0 Å². The summed E-state index contributed by atoms with van der Waals surface area (Å²) in [6, 6.07) is 7.78. The number of hydrogen-bond donors (Lipinski definition) is 0. The number of amides is 4. The first-order valence-electron chi connectivity index (χ1n) is 6.80. The maximum atomic E-state index is 12.3. The molecular weight excluding hydrogens is 302 g/mol. The molecule has 0 spiro atoms. The van der Waals surface area contributed by atoms with Crippen LogP contribution in [0.3, 0.4) is 0 Å². The van der Waals surface area contributed by atoms with Gasteiger partial charge in [-0.2, -0.15) is 0 Å². The number of rotatable bonds is 5. The smallest absolute Gasteiger partial charge is 0.334 e. The SMILES string of the molecule is COc1cccc(CN2C(=O)C(=O)N(Cc3ccno3)C2=O)c1. The third kappa shape index (κ3) is 2.78. The predicted octanol–water partition coefficient (Wildman–Crippen LogP) is 1.17. The first-order chi connectivity index (χ1) is 11.1. The van der Waals surface area contributed by atoms with Gasteiger partial charge in [0.25, 0.3) is 0 Å². The zero-order valence-corrected chi connectivity index (χ0v) is 12.3. The molecule has 3 rings (SSSR count). The Morgan fingerprint density at radius 3 is 2.48 bits per heavy atom. The number of imide groups is 2. The van der Waals surface area contributed by atoms with Crippen LogP contribution in [0.5, 0.6) is 5.75 Å². The van der Waals surface area contributed by atoms with Gasteiger partial charge in [-0.05, 0) is 17.7 Å². The number of carbonyl (C=O) groups excluding carboxylic acids is 3. The third-order valence-corrected chi connectivity index (χ3v) is 3.42. The summed E-state index contributed by atoms with van der Waals surface area (Å²) in [4.78, 5) is 38.1. The molecule has 0 N–H and O–H groups in total. The number of nitrogens with zero attached hydrogens (tertiary/aromatic N) is 3. The Morgan fingerprint density at radius 2 is 1.83 bits per heavy atom. The van der Waals surface area contributed by atoms with Gasteiger partial charge in [0.15, 0.2) is 5.76 Å². The van der Waals surface area contributed by atoms with Crippen molar-refractivity contribution in [3.8, 4) is 5.75 Å². The van der Waals surface area contributed by atoms with Gasteiger partial charge in [-0.25, -0.2) is 9.69 Å². The molecule has 1 aromatic carbocycles. The van der Waals surface area contributed by atoms with Gasteiger partial charge < -0.3 is 9.26 Å². The van der Waals surface area contributed by atoms with Crippen LogP contribution < -0.4 is 4.74 Å². The van der Waals surface area contributed by atoms with Crippen molar-refractivity contribution in [2.24, 2.45) is 0 Å². The van der Waals surface area contributed by atoms with Crippen LogP contribution >= 0.6 is 0 Å². The number of carbonyl (C=O) groups is 3. The molecule has 118 valence electrons. The number of urea groups is 1. The van der Waals surface area contributed by atoms with Gasteiger partial charge in [-0.3, -0.25) is 14.5 Å².